The van der Waals surface area contributed by atoms with E-state index in [1.165, 1.54) is 19.4 Å². The number of carbonyl (C=O) groups excluding carboxylic acids is 3. The van der Waals surface area contributed by atoms with Gasteiger partial charge >= 0.3 is 11.9 Å². The van der Waals surface area contributed by atoms with Crippen LogP contribution in [0.15, 0.2) is 35.9 Å². The molecule has 2 atom stereocenters. The van der Waals surface area contributed by atoms with Crippen LogP contribution in [-0.4, -0.2) is 18.2 Å². The number of carbonyl (C=O) groups is 3. The number of esters is 2. The highest BCUT2D eigenvalue weighted by Crippen LogP contribution is 2.47. The van der Waals surface area contributed by atoms with E-state index in [0.29, 0.717) is 22.6 Å². The predicted octanol–water partition coefficient (Wildman–Crippen LogP) is 5.46. The van der Waals surface area contributed by atoms with Crippen molar-refractivity contribution in [2.75, 3.05) is 0 Å². The fraction of sp³-hybridized carbons (Fsp3) is 0.480. The molecule has 0 fully saturated rings. The van der Waals surface area contributed by atoms with Crippen molar-refractivity contribution in [3.05, 3.63) is 47.1 Å². The number of aldehydes is 1. The minimum atomic E-state index is -0.446. The number of hydrogen-bond donors (Lipinski definition) is 0. The topological polar surface area (TPSA) is 69.7 Å². The van der Waals surface area contributed by atoms with Crippen LogP contribution in [0.3, 0.4) is 0 Å². The van der Waals surface area contributed by atoms with Crippen LogP contribution in [0.5, 0.6) is 11.5 Å². The Morgan fingerprint density at radius 1 is 1.13 bits per heavy atom. The standard InChI is InChI=1S/C25H32O5/c1-6-7-8-9-20-13-23(29-18(4)27)25(24(14-20)30-19(5)28)22-12-16(2)10-11-21(22)17(3)15-26/h12-15,21-22H,3,6-11H2,1-2,4-5H3/t21-,22+/m0/s1. The van der Waals surface area contributed by atoms with Crippen LogP contribution in [0.25, 0.3) is 0 Å². The zero-order valence-electron chi connectivity index (χ0n) is 18.5. The van der Waals surface area contributed by atoms with Gasteiger partial charge in [0.25, 0.3) is 0 Å². The molecule has 1 aromatic rings. The molecule has 0 aliphatic heterocycles. The summed E-state index contributed by atoms with van der Waals surface area (Å²) in [6.07, 6.45) is 8.41. The maximum atomic E-state index is 11.9. The fourth-order valence-corrected chi connectivity index (χ4v) is 4.04. The van der Waals surface area contributed by atoms with Crippen molar-refractivity contribution >= 4 is 18.2 Å². The second kappa shape index (κ2) is 10.9. The molecule has 0 heterocycles. The van der Waals surface area contributed by atoms with Gasteiger partial charge in [0.2, 0.25) is 0 Å². The molecule has 0 spiro atoms. The molecular weight excluding hydrogens is 380 g/mol. The second-order valence-corrected chi connectivity index (χ2v) is 8.03. The Balaban J connectivity index is 2.66. The molecule has 0 amide bonds. The summed E-state index contributed by atoms with van der Waals surface area (Å²) >= 11 is 0. The number of rotatable bonds is 9. The highest BCUT2D eigenvalue weighted by molar-refractivity contribution is 5.76. The van der Waals surface area contributed by atoms with Crippen LogP contribution in [-0.2, 0) is 20.8 Å². The first-order chi connectivity index (χ1) is 14.3. The number of allylic oxidation sites excluding steroid dienone is 3. The maximum Gasteiger partial charge on any atom is 0.308 e. The van der Waals surface area contributed by atoms with Gasteiger partial charge in [0.05, 0.1) is 0 Å². The molecule has 30 heavy (non-hydrogen) atoms. The van der Waals surface area contributed by atoms with E-state index in [1.54, 1.807) is 0 Å². The van der Waals surface area contributed by atoms with Crippen LogP contribution >= 0.6 is 0 Å². The minimum absolute atomic E-state index is 0.152. The first-order valence-corrected chi connectivity index (χ1v) is 10.6. The highest BCUT2D eigenvalue weighted by Gasteiger charge is 2.33. The average Bonchev–Trinajstić information content (AvgIpc) is 2.66. The molecule has 0 saturated carbocycles. The Morgan fingerprint density at radius 3 is 2.23 bits per heavy atom. The van der Waals surface area contributed by atoms with E-state index in [1.807, 2.05) is 19.1 Å². The Morgan fingerprint density at radius 2 is 1.73 bits per heavy atom. The van der Waals surface area contributed by atoms with Gasteiger partial charge in [0.1, 0.15) is 17.8 Å². The Hall–Kier alpha value is -2.69. The number of benzene rings is 1. The summed E-state index contributed by atoms with van der Waals surface area (Å²) < 4.78 is 11.2. The molecule has 5 heteroatoms. The van der Waals surface area contributed by atoms with Crippen molar-refractivity contribution in [3.8, 4) is 11.5 Å². The number of hydrogen-bond acceptors (Lipinski definition) is 5. The van der Waals surface area contributed by atoms with Gasteiger partial charge in [-0.15, -0.1) is 0 Å². The smallest absolute Gasteiger partial charge is 0.308 e. The van der Waals surface area contributed by atoms with Crippen molar-refractivity contribution in [2.45, 2.75) is 72.1 Å². The third-order valence-corrected chi connectivity index (χ3v) is 5.45. The normalized spacial score (nSPS) is 18.3. The van der Waals surface area contributed by atoms with Crippen LogP contribution in [0.2, 0.25) is 0 Å². The van der Waals surface area contributed by atoms with Gasteiger partial charge in [-0.1, -0.05) is 38.0 Å². The van der Waals surface area contributed by atoms with Crippen molar-refractivity contribution in [2.24, 2.45) is 5.92 Å². The summed E-state index contributed by atoms with van der Waals surface area (Å²) in [5, 5.41) is 0. The zero-order chi connectivity index (χ0) is 22.3. The van der Waals surface area contributed by atoms with Gasteiger partial charge in [-0.3, -0.25) is 14.4 Å². The molecule has 0 radical (unpaired) electrons. The third kappa shape index (κ3) is 6.15. The van der Waals surface area contributed by atoms with Crippen LogP contribution in [0.4, 0.5) is 0 Å². The van der Waals surface area contributed by atoms with E-state index >= 15 is 0 Å². The zero-order valence-corrected chi connectivity index (χ0v) is 18.5. The van der Waals surface area contributed by atoms with E-state index in [9.17, 15) is 14.4 Å². The summed E-state index contributed by atoms with van der Waals surface area (Å²) in [4.78, 5) is 35.2. The molecular formula is C25H32O5. The van der Waals surface area contributed by atoms with Gasteiger partial charge in [0, 0.05) is 25.3 Å². The SMILES string of the molecule is C=C(C=O)[C@@H]1CCC(C)=C[C@H]1c1c(OC(C)=O)cc(CCCCC)cc1OC(C)=O. The van der Waals surface area contributed by atoms with E-state index in [0.717, 1.165) is 50.4 Å². The minimum Gasteiger partial charge on any atom is -0.426 e. The lowest BCUT2D eigenvalue weighted by atomic mass is 9.73. The Labute approximate surface area is 179 Å². The number of aryl methyl sites for hydroxylation is 1. The second-order valence-electron chi connectivity index (χ2n) is 8.03. The van der Waals surface area contributed by atoms with E-state index < -0.39 is 11.9 Å². The largest absolute Gasteiger partial charge is 0.426 e. The van der Waals surface area contributed by atoms with Crippen molar-refractivity contribution in [3.63, 3.8) is 0 Å². The summed E-state index contributed by atoms with van der Waals surface area (Å²) in [5.41, 5.74) is 3.22. The van der Waals surface area contributed by atoms with Gasteiger partial charge in [-0.05, 0) is 61.8 Å². The summed E-state index contributed by atoms with van der Waals surface area (Å²) in [7, 11) is 0. The molecule has 1 aliphatic rings. The van der Waals surface area contributed by atoms with Gasteiger partial charge in [-0.2, -0.15) is 0 Å². The quantitative estimate of drug-likeness (QED) is 0.134. The average molecular weight is 413 g/mol. The summed E-state index contributed by atoms with van der Waals surface area (Å²) in [5.74, 6) is -0.554. The van der Waals surface area contributed by atoms with E-state index in [-0.39, 0.29) is 11.8 Å². The molecule has 2 rings (SSSR count). The van der Waals surface area contributed by atoms with Crippen molar-refractivity contribution in [1.29, 1.82) is 0 Å². The monoisotopic (exact) mass is 412 g/mol. The van der Waals surface area contributed by atoms with Gasteiger partial charge in [-0.25, -0.2) is 0 Å². The molecule has 1 aliphatic carbocycles. The van der Waals surface area contributed by atoms with E-state index in [2.05, 4.69) is 19.6 Å². The van der Waals surface area contributed by atoms with E-state index in [4.69, 9.17) is 9.47 Å². The van der Waals surface area contributed by atoms with Crippen LogP contribution in [0, 0.1) is 5.92 Å². The Bertz CT molecular complexity index is 812. The molecule has 5 nitrogen and oxygen atoms in total. The number of unbranched alkanes of at least 4 members (excludes halogenated alkanes) is 2. The van der Waals surface area contributed by atoms with Crippen molar-refractivity contribution in [1.82, 2.24) is 0 Å². The van der Waals surface area contributed by atoms with Crippen LogP contribution in [0.1, 0.15) is 76.8 Å². The molecule has 162 valence electrons. The predicted molar refractivity (Wildman–Crippen MR) is 117 cm³/mol. The molecule has 0 bridgehead atoms. The summed E-state index contributed by atoms with van der Waals surface area (Å²) in [6, 6.07) is 3.72. The summed E-state index contributed by atoms with van der Waals surface area (Å²) in [6.45, 7) is 10.8. The number of ether oxygens (including phenoxy) is 2. The maximum absolute atomic E-state index is 11.9. The fourth-order valence-electron chi connectivity index (χ4n) is 4.04. The van der Waals surface area contributed by atoms with Gasteiger partial charge in [0.15, 0.2) is 0 Å². The lowest BCUT2D eigenvalue weighted by molar-refractivity contribution is -0.132. The third-order valence-electron chi connectivity index (χ3n) is 5.45. The molecule has 0 unspecified atom stereocenters. The highest BCUT2D eigenvalue weighted by atomic mass is 16.5. The first-order valence-electron chi connectivity index (χ1n) is 10.6. The Kier molecular flexibility index (Phi) is 8.58. The van der Waals surface area contributed by atoms with Crippen molar-refractivity contribution < 1.29 is 23.9 Å². The lowest BCUT2D eigenvalue weighted by Gasteiger charge is -2.32. The van der Waals surface area contributed by atoms with Crippen LogP contribution < -0.4 is 9.47 Å². The molecule has 0 N–H and O–H groups in total. The molecule has 0 saturated heterocycles. The molecule has 1 aromatic carbocycles. The first kappa shape index (κ1) is 23.6. The molecule has 0 aromatic heterocycles. The van der Waals surface area contributed by atoms with Gasteiger partial charge < -0.3 is 9.47 Å². The lowest BCUT2D eigenvalue weighted by Crippen LogP contribution is -2.21.